The molecule has 0 atom stereocenters. The van der Waals surface area contributed by atoms with Crippen LogP contribution >= 0.6 is 0 Å². The number of phenols is 1. The van der Waals surface area contributed by atoms with Crippen molar-refractivity contribution in [2.24, 2.45) is 5.41 Å². The third-order valence-corrected chi connectivity index (χ3v) is 3.52. The predicted octanol–water partition coefficient (Wildman–Crippen LogP) is 2.61. The van der Waals surface area contributed by atoms with Gasteiger partial charge in [0.05, 0.1) is 12.7 Å². The third-order valence-electron chi connectivity index (χ3n) is 3.52. The van der Waals surface area contributed by atoms with Crippen LogP contribution in [0, 0.1) is 12.3 Å². The number of esters is 1. The van der Waals surface area contributed by atoms with Crippen LogP contribution in [0.2, 0.25) is 0 Å². The second-order valence-corrected chi connectivity index (χ2v) is 5.53. The Morgan fingerprint density at radius 2 is 1.94 bits per heavy atom. The van der Waals surface area contributed by atoms with Gasteiger partial charge < -0.3 is 9.84 Å². The molecule has 17 heavy (non-hydrogen) atoms. The van der Waals surface area contributed by atoms with Crippen LogP contribution in [0.5, 0.6) is 5.75 Å². The molecule has 0 amide bonds. The van der Waals surface area contributed by atoms with Gasteiger partial charge in [-0.3, -0.25) is 0 Å². The lowest BCUT2D eigenvalue weighted by Gasteiger charge is -2.15. The number of fused-ring (bicyclic) bond motifs is 1. The molecule has 1 aliphatic carbocycles. The molecule has 0 aliphatic heterocycles. The van der Waals surface area contributed by atoms with E-state index in [9.17, 15) is 9.90 Å². The maximum atomic E-state index is 11.7. The summed E-state index contributed by atoms with van der Waals surface area (Å²) in [5, 5.41) is 9.87. The second-order valence-electron chi connectivity index (χ2n) is 5.53. The van der Waals surface area contributed by atoms with Gasteiger partial charge in [-0.15, -0.1) is 0 Å². The zero-order valence-electron chi connectivity index (χ0n) is 10.8. The lowest BCUT2D eigenvalue weighted by atomic mass is 9.90. The fraction of sp³-hybridized carbons (Fsp3) is 0.500. The van der Waals surface area contributed by atoms with Gasteiger partial charge in [-0.2, -0.15) is 0 Å². The van der Waals surface area contributed by atoms with E-state index in [0.717, 1.165) is 29.5 Å². The van der Waals surface area contributed by atoms with Gasteiger partial charge >= 0.3 is 5.97 Å². The molecule has 92 valence electrons. The van der Waals surface area contributed by atoms with Crippen molar-refractivity contribution in [1.82, 2.24) is 0 Å². The van der Waals surface area contributed by atoms with E-state index in [1.807, 2.05) is 6.92 Å². The molecule has 0 saturated carbocycles. The summed E-state index contributed by atoms with van der Waals surface area (Å²) in [6.45, 7) is 6.24. The Kier molecular flexibility index (Phi) is 2.64. The largest absolute Gasteiger partial charge is 0.508 e. The number of aromatic hydroxyl groups is 1. The number of rotatable bonds is 1. The Bertz CT molecular complexity index is 487. The second kappa shape index (κ2) is 3.76. The van der Waals surface area contributed by atoms with Crippen LogP contribution in [0.25, 0.3) is 0 Å². The third kappa shape index (κ3) is 1.90. The van der Waals surface area contributed by atoms with Gasteiger partial charge in [-0.25, -0.2) is 4.79 Å². The molecule has 0 aromatic heterocycles. The first-order chi connectivity index (χ1) is 7.85. The molecule has 0 spiro atoms. The van der Waals surface area contributed by atoms with E-state index < -0.39 is 0 Å². The first kappa shape index (κ1) is 12.0. The Balaban J connectivity index is 2.63. The van der Waals surface area contributed by atoms with E-state index in [0.29, 0.717) is 5.56 Å². The van der Waals surface area contributed by atoms with Gasteiger partial charge in [0.15, 0.2) is 0 Å². The van der Waals surface area contributed by atoms with Gasteiger partial charge in [0.25, 0.3) is 0 Å². The summed E-state index contributed by atoms with van der Waals surface area (Å²) in [5.41, 5.74) is 3.69. The highest BCUT2D eigenvalue weighted by molar-refractivity contribution is 5.92. The first-order valence-corrected chi connectivity index (χ1v) is 5.78. The molecule has 0 radical (unpaired) electrons. The Morgan fingerprint density at radius 1 is 1.35 bits per heavy atom. The summed E-state index contributed by atoms with van der Waals surface area (Å²) in [6, 6.07) is 1.53. The quantitative estimate of drug-likeness (QED) is 0.760. The van der Waals surface area contributed by atoms with Crippen molar-refractivity contribution in [2.75, 3.05) is 7.11 Å². The minimum absolute atomic E-state index is 0.143. The predicted molar refractivity (Wildman–Crippen MR) is 65.4 cm³/mol. The number of hydrogen-bond donors (Lipinski definition) is 1. The summed E-state index contributed by atoms with van der Waals surface area (Å²) in [5.74, 6) is -0.184. The molecule has 0 bridgehead atoms. The molecule has 2 rings (SSSR count). The fourth-order valence-electron chi connectivity index (χ4n) is 2.63. The molecule has 0 fully saturated rings. The number of phenolic OH excluding ortho intramolecular Hbond substituents is 1. The lowest BCUT2D eigenvalue weighted by molar-refractivity contribution is 0.0599. The Morgan fingerprint density at radius 3 is 2.53 bits per heavy atom. The normalized spacial score (nSPS) is 16.7. The van der Waals surface area contributed by atoms with Gasteiger partial charge in [0.1, 0.15) is 5.75 Å². The van der Waals surface area contributed by atoms with E-state index in [1.165, 1.54) is 13.2 Å². The van der Waals surface area contributed by atoms with E-state index in [4.69, 9.17) is 4.74 Å². The van der Waals surface area contributed by atoms with Gasteiger partial charge in [-0.05, 0) is 47.9 Å². The fourth-order valence-corrected chi connectivity index (χ4v) is 2.63. The molecule has 1 aliphatic rings. The van der Waals surface area contributed by atoms with E-state index in [2.05, 4.69) is 13.8 Å². The van der Waals surface area contributed by atoms with Crippen molar-refractivity contribution in [3.05, 3.63) is 28.3 Å². The van der Waals surface area contributed by atoms with Crippen molar-refractivity contribution in [2.45, 2.75) is 33.6 Å². The molecule has 3 nitrogen and oxygen atoms in total. The molecule has 0 unspecified atom stereocenters. The molecular formula is C14H18O3. The highest BCUT2D eigenvalue weighted by atomic mass is 16.5. The molecule has 1 aromatic rings. The Labute approximate surface area is 101 Å². The number of benzene rings is 1. The zero-order chi connectivity index (χ0) is 12.8. The average molecular weight is 234 g/mol. The molecule has 1 N–H and O–H groups in total. The van der Waals surface area contributed by atoms with Crippen LogP contribution in [-0.4, -0.2) is 18.2 Å². The molecule has 1 aromatic carbocycles. The summed E-state index contributed by atoms with van der Waals surface area (Å²) < 4.78 is 4.77. The topological polar surface area (TPSA) is 46.5 Å². The summed E-state index contributed by atoms with van der Waals surface area (Å²) in [6.07, 6.45) is 1.75. The summed E-state index contributed by atoms with van der Waals surface area (Å²) >= 11 is 0. The van der Waals surface area contributed by atoms with Gasteiger partial charge in [-0.1, -0.05) is 13.8 Å². The highest BCUT2D eigenvalue weighted by Crippen LogP contribution is 2.42. The summed E-state index contributed by atoms with van der Waals surface area (Å²) in [4.78, 5) is 11.7. The minimum atomic E-state index is -0.366. The zero-order valence-corrected chi connectivity index (χ0v) is 10.8. The number of hydrogen-bond acceptors (Lipinski definition) is 3. The van der Waals surface area contributed by atoms with Crippen LogP contribution in [0.4, 0.5) is 0 Å². The van der Waals surface area contributed by atoms with E-state index in [1.54, 1.807) is 0 Å². The lowest BCUT2D eigenvalue weighted by Crippen LogP contribution is -2.11. The molecular weight excluding hydrogens is 216 g/mol. The van der Waals surface area contributed by atoms with Gasteiger partial charge in [0, 0.05) is 0 Å². The van der Waals surface area contributed by atoms with Crippen LogP contribution < -0.4 is 0 Å². The SMILES string of the molecule is COC(=O)c1cc(O)c(C)c2c1CC(C)(C)C2. The van der Waals surface area contributed by atoms with Crippen LogP contribution in [-0.2, 0) is 17.6 Å². The highest BCUT2D eigenvalue weighted by Gasteiger charge is 2.34. The summed E-state index contributed by atoms with van der Waals surface area (Å²) in [7, 11) is 1.37. The molecule has 0 heterocycles. The number of methoxy groups -OCH3 is 1. The van der Waals surface area contributed by atoms with Crippen molar-refractivity contribution in [3.8, 4) is 5.75 Å². The smallest absolute Gasteiger partial charge is 0.338 e. The molecule has 3 heteroatoms. The Hall–Kier alpha value is -1.51. The van der Waals surface area contributed by atoms with Crippen molar-refractivity contribution in [3.63, 3.8) is 0 Å². The van der Waals surface area contributed by atoms with Crippen LogP contribution in [0.15, 0.2) is 6.07 Å². The standard InChI is InChI=1S/C14H18O3/c1-8-10-6-14(2,3)7-11(10)9(5-12(8)15)13(16)17-4/h5,15H,6-7H2,1-4H3. The maximum Gasteiger partial charge on any atom is 0.338 e. The average Bonchev–Trinajstić information content (AvgIpc) is 2.58. The van der Waals surface area contributed by atoms with Crippen molar-refractivity contribution in [1.29, 1.82) is 0 Å². The number of ether oxygens (including phenoxy) is 1. The maximum absolute atomic E-state index is 11.7. The van der Waals surface area contributed by atoms with Gasteiger partial charge in [0.2, 0.25) is 0 Å². The van der Waals surface area contributed by atoms with Crippen molar-refractivity contribution >= 4 is 5.97 Å². The van der Waals surface area contributed by atoms with E-state index in [-0.39, 0.29) is 17.1 Å². The monoisotopic (exact) mass is 234 g/mol. The number of carbonyl (C=O) groups is 1. The number of carbonyl (C=O) groups excluding carboxylic acids is 1. The first-order valence-electron chi connectivity index (χ1n) is 5.78. The van der Waals surface area contributed by atoms with Crippen LogP contribution in [0.1, 0.15) is 40.9 Å². The van der Waals surface area contributed by atoms with E-state index >= 15 is 0 Å². The minimum Gasteiger partial charge on any atom is -0.508 e. The van der Waals surface area contributed by atoms with Crippen molar-refractivity contribution < 1.29 is 14.6 Å². The molecule has 0 saturated heterocycles. The van der Waals surface area contributed by atoms with Crippen LogP contribution in [0.3, 0.4) is 0 Å².